The van der Waals surface area contributed by atoms with Gasteiger partial charge in [0.25, 0.3) is 0 Å². The maximum atomic E-state index is 11.1. The van der Waals surface area contributed by atoms with Gasteiger partial charge in [0, 0.05) is 25.0 Å². The minimum absolute atomic E-state index is 0.210. The van der Waals surface area contributed by atoms with Crippen LogP contribution in [0.15, 0.2) is 0 Å². The van der Waals surface area contributed by atoms with Crippen molar-refractivity contribution in [3.63, 3.8) is 0 Å². The third-order valence-corrected chi connectivity index (χ3v) is 3.94. The van der Waals surface area contributed by atoms with E-state index in [0.29, 0.717) is 23.9 Å². The van der Waals surface area contributed by atoms with Crippen LogP contribution in [0, 0.1) is 5.41 Å². The third kappa shape index (κ3) is 3.21. The molecule has 0 aromatic rings. The number of carbonyl (C=O) groups is 1. The average Bonchev–Trinajstić information content (AvgIpc) is 2.20. The molecule has 3 nitrogen and oxygen atoms in total. The Bertz CT molecular complexity index is 253. The van der Waals surface area contributed by atoms with Crippen LogP contribution >= 0.6 is 0 Å². The number of nitrogens with one attached hydrogen (secondary N) is 2. The molecular formula is C13H24N2O. The molecule has 2 fully saturated rings. The van der Waals surface area contributed by atoms with E-state index in [9.17, 15) is 4.79 Å². The first-order valence-electron chi connectivity index (χ1n) is 6.58. The highest BCUT2D eigenvalue weighted by Crippen LogP contribution is 2.35. The minimum Gasteiger partial charge on any atom is -0.355 e. The molecule has 2 atom stereocenters. The van der Waals surface area contributed by atoms with Crippen molar-refractivity contribution < 1.29 is 4.79 Å². The quantitative estimate of drug-likeness (QED) is 0.751. The zero-order chi connectivity index (χ0) is 11.6. The highest BCUT2D eigenvalue weighted by atomic mass is 16.1. The van der Waals surface area contributed by atoms with Gasteiger partial charge in [0.1, 0.15) is 0 Å². The first-order valence-corrected chi connectivity index (χ1v) is 6.58. The van der Waals surface area contributed by atoms with Gasteiger partial charge in [-0.1, -0.05) is 20.3 Å². The molecule has 1 amide bonds. The van der Waals surface area contributed by atoms with Gasteiger partial charge >= 0.3 is 0 Å². The summed E-state index contributed by atoms with van der Waals surface area (Å²) < 4.78 is 0. The fourth-order valence-electron chi connectivity index (χ4n) is 3.05. The SMILES string of the molecule is CC1(C)CCCC(NC2CCC(=O)NC2)C1. The van der Waals surface area contributed by atoms with Gasteiger partial charge in [0.2, 0.25) is 5.91 Å². The van der Waals surface area contributed by atoms with Crippen LogP contribution in [0.5, 0.6) is 0 Å². The number of rotatable bonds is 2. The van der Waals surface area contributed by atoms with Crippen LogP contribution < -0.4 is 10.6 Å². The van der Waals surface area contributed by atoms with Crippen molar-refractivity contribution in [2.45, 2.75) is 64.5 Å². The van der Waals surface area contributed by atoms with Crippen LogP contribution in [0.4, 0.5) is 0 Å². The lowest BCUT2D eigenvalue weighted by molar-refractivity contribution is -0.122. The van der Waals surface area contributed by atoms with Gasteiger partial charge in [0.05, 0.1) is 0 Å². The Hall–Kier alpha value is -0.570. The molecule has 2 aliphatic rings. The molecule has 0 aromatic heterocycles. The third-order valence-electron chi connectivity index (χ3n) is 3.94. The molecule has 1 aliphatic heterocycles. The molecule has 2 rings (SSSR count). The molecule has 92 valence electrons. The zero-order valence-electron chi connectivity index (χ0n) is 10.5. The second kappa shape index (κ2) is 4.74. The normalized spacial score (nSPS) is 34.5. The maximum Gasteiger partial charge on any atom is 0.220 e. The summed E-state index contributed by atoms with van der Waals surface area (Å²) in [5.41, 5.74) is 0.494. The van der Waals surface area contributed by atoms with Crippen molar-refractivity contribution in [1.82, 2.24) is 10.6 Å². The summed E-state index contributed by atoms with van der Waals surface area (Å²) in [7, 11) is 0. The van der Waals surface area contributed by atoms with Crippen LogP contribution in [0.3, 0.4) is 0 Å². The van der Waals surface area contributed by atoms with Gasteiger partial charge in [0.15, 0.2) is 0 Å². The van der Waals surface area contributed by atoms with Crippen LogP contribution in [0.2, 0.25) is 0 Å². The second-order valence-electron chi connectivity index (χ2n) is 6.16. The van der Waals surface area contributed by atoms with Crippen LogP contribution in [0.1, 0.15) is 52.4 Å². The lowest BCUT2D eigenvalue weighted by Gasteiger charge is -2.38. The molecule has 2 unspecified atom stereocenters. The van der Waals surface area contributed by atoms with E-state index in [4.69, 9.17) is 0 Å². The Labute approximate surface area is 98.4 Å². The molecule has 3 heteroatoms. The maximum absolute atomic E-state index is 11.1. The summed E-state index contributed by atoms with van der Waals surface area (Å²) >= 11 is 0. The molecule has 1 saturated heterocycles. The number of piperidine rings is 1. The monoisotopic (exact) mass is 224 g/mol. The highest BCUT2D eigenvalue weighted by Gasteiger charge is 2.29. The number of amides is 1. The van der Waals surface area contributed by atoms with E-state index < -0.39 is 0 Å². The Balaban J connectivity index is 1.78. The number of carbonyl (C=O) groups excluding carboxylic acids is 1. The minimum atomic E-state index is 0.210. The predicted octanol–water partition coefficient (Wildman–Crippen LogP) is 1.82. The standard InChI is InChI=1S/C13H24N2O/c1-13(2)7-3-4-10(8-13)15-11-5-6-12(16)14-9-11/h10-11,15H,3-9H2,1-2H3,(H,14,16). The van der Waals surface area contributed by atoms with Gasteiger partial charge in [-0.15, -0.1) is 0 Å². The molecule has 0 spiro atoms. The summed E-state index contributed by atoms with van der Waals surface area (Å²) in [5.74, 6) is 0.210. The van der Waals surface area contributed by atoms with Crippen LogP contribution in [0.25, 0.3) is 0 Å². The number of hydrogen-bond acceptors (Lipinski definition) is 2. The van der Waals surface area contributed by atoms with Gasteiger partial charge in [-0.05, 0) is 31.1 Å². The topological polar surface area (TPSA) is 41.1 Å². The average molecular weight is 224 g/mol. The Morgan fingerprint density at radius 2 is 2.12 bits per heavy atom. The van der Waals surface area contributed by atoms with Gasteiger partial charge in [-0.25, -0.2) is 0 Å². The number of hydrogen-bond donors (Lipinski definition) is 2. The summed E-state index contributed by atoms with van der Waals surface area (Å²) in [6.07, 6.45) is 6.96. The lowest BCUT2D eigenvalue weighted by Crippen LogP contribution is -2.50. The molecule has 1 aliphatic carbocycles. The van der Waals surface area contributed by atoms with Gasteiger partial charge < -0.3 is 10.6 Å². The summed E-state index contributed by atoms with van der Waals surface area (Å²) in [5, 5.41) is 6.66. The molecule has 1 saturated carbocycles. The zero-order valence-corrected chi connectivity index (χ0v) is 10.5. The van der Waals surface area contributed by atoms with Crippen molar-refractivity contribution in [3.8, 4) is 0 Å². The second-order valence-corrected chi connectivity index (χ2v) is 6.16. The van der Waals surface area contributed by atoms with E-state index in [1.54, 1.807) is 0 Å². The van der Waals surface area contributed by atoms with Crippen molar-refractivity contribution in [3.05, 3.63) is 0 Å². The van der Waals surface area contributed by atoms with E-state index in [2.05, 4.69) is 24.5 Å². The fourth-order valence-corrected chi connectivity index (χ4v) is 3.05. The van der Waals surface area contributed by atoms with E-state index in [1.807, 2.05) is 0 Å². The summed E-state index contributed by atoms with van der Waals surface area (Å²) in [6, 6.07) is 1.15. The smallest absolute Gasteiger partial charge is 0.220 e. The molecular weight excluding hydrogens is 200 g/mol. The predicted molar refractivity (Wildman–Crippen MR) is 65.2 cm³/mol. The summed E-state index contributed by atoms with van der Waals surface area (Å²) in [4.78, 5) is 11.1. The first-order chi connectivity index (χ1) is 7.55. The molecule has 0 bridgehead atoms. The van der Waals surface area contributed by atoms with Gasteiger partial charge in [-0.2, -0.15) is 0 Å². The van der Waals surface area contributed by atoms with E-state index in [0.717, 1.165) is 13.0 Å². The molecule has 1 heterocycles. The highest BCUT2D eigenvalue weighted by molar-refractivity contribution is 5.76. The molecule has 2 N–H and O–H groups in total. The van der Waals surface area contributed by atoms with Crippen molar-refractivity contribution in [2.24, 2.45) is 5.41 Å². The lowest BCUT2D eigenvalue weighted by atomic mass is 9.75. The van der Waals surface area contributed by atoms with Crippen molar-refractivity contribution in [2.75, 3.05) is 6.54 Å². The molecule has 0 aromatic carbocycles. The van der Waals surface area contributed by atoms with E-state index in [-0.39, 0.29) is 5.91 Å². The van der Waals surface area contributed by atoms with E-state index in [1.165, 1.54) is 25.7 Å². The Kier molecular flexibility index (Phi) is 3.53. The van der Waals surface area contributed by atoms with Crippen LogP contribution in [-0.2, 0) is 4.79 Å². The summed E-state index contributed by atoms with van der Waals surface area (Å²) in [6.45, 7) is 5.54. The van der Waals surface area contributed by atoms with Crippen molar-refractivity contribution in [1.29, 1.82) is 0 Å². The Morgan fingerprint density at radius 1 is 1.31 bits per heavy atom. The largest absolute Gasteiger partial charge is 0.355 e. The first kappa shape index (κ1) is 11.9. The van der Waals surface area contributed by atoms with Crippen molar-refractivity contribution >= 4 is 5.91 Å². The fraction of sp³-hybridized carbons (Fsp3) is 0.923. The Morgan fingerprint density at radius 3 is 2.75 bits per heavy atom. The van der Waals surface area contributed by atoms with Gasteiger partial charge in [-0.3, -0.25) is 4.79 Å². The van der Waals surface area contributed by atoms with Crippen LogP contribution in [-0.4, -0.2) is 24.5 Å². The molecule has 16 heavy (non-hydrogen) atoms. The van der Waals surface area contributed by atoms with E-state index >= 15 is 0 Å². The molecule has 0 radical (unpaired) electrons.